The molecule has 1 aromatic rings. The first-order valence-corrected chi connectivity index (χ1v) is 11.1. The lowest BCUT2D eigenvalue weighted by atomic mass is 10.2. The zero-order valence-corrected chi connectivity index (χ0v) is 15.4. The Bertz CT molecular complexity index is 699. The molecule has 0 aromatic heterocycles. The third-order valence-corrected chi connectivity index (χ3v) is 4.42. The molecule has 0 aliphatic heterocycles. The predicted octanol–water partition coefficient (Wildman–Crippen LogP) is 5.13. The summed E-state index contributed by atoms with van der Waals surface area (Å²) in [4.78, 5) is 22.8. The van der Waals surface area contributed by atoms with Gasteiger partial charge in [-0.05, 0) is 49.6 Å². The molecule has 0 unspecified atom stereocenters. The Kier molecular flexibility index (Phi) is 6.24. The van der Waals surface area contributed by atoms with Crippen LogP contribution in [0.4, 0.5) is 30.7 Å². The molecule has 0 bridgehead atoms. The third-order valence-electron chi connectivity index (χ3n) is 2.69. The van der Waals surface area contributed by atoms with Crippen LogP contribution in [0.25, 0.3) is 0 Å². The summed E-state index contributed by atoms with van der Waals surface area (Å²) in [6.45, 7) is 5.06. The Morgan fingerprint density at radius 1 is 1.00 bits per heavy atom. The van der Waals surface area contributed by atoms with Crippen LogP contribution in [-0.4, -0.2) is 37.4 Å². The Balaban J connectivity index is 3.04. The van der Waals surface area contributed by atoms with Gasteiger partial charge < -0.3 is 4.43 Å². The molecule has 0 amide bonds. The van der Waals surface area contributed by atoms with Gasteiger partial charge in [0, 0.05) is 4.90 Å². The lowest BCUT2D eigenvalue weighted by Crippen LogP contribution is -2.55. The van der Waals surface area contributed by atoms with E-state index >= 15 is 0 Å². The van der Waals surface area contributed by atoms with Crippen molar-refractivity contribution in [3.63, 3.8) is 0 Å². The van der Waals surface area contributed by atoms with Crippen molar-refractivity contribution in [3.8, 4) is 0 Å². The average Bonchev–Trinajstić information content (AvgIpc) is 2.44. The normalized spacial score (nSPS) is 13.5. The van der Waals surface area contributed by atoms with Gasteiger partial charge in [-0.25, -0.2) is 4.79 Å². The van der Waals surface area contributed by atoms with Gasteiger partial charge >= 0.3 is 24.0 Å². The van der Waals surface area contributed by atoms with Crippen LogP contribution < -0.4 is 0 Å². The maximum atomic E-state index is 13.3. The maximum absolute atomic E-state index is 13.3. The highest BCUT2D eigenvalue weighted by atomic mass is 32.2. The first kappa shape index (κ1) is 22.5. The van der Waals surface area contributed by atoms with E-state index in [9.17, 15) is 40.3 Å². The summed E-state index contributed by atoms with van der Waals surface area (Å²) in [5.41, 5.74) is -0.156. The van der Waals surface area contributed by atoms with Gasteiger partial charge in [-0.2, -0.15) is 30.7 Å². The number of alkyl halides is 7. The van der Waals surface area contributed by atoms with Crippen LogP contribution in [0.5, 0.6) is 0 Å². The van der Waals surface area contributed by atoms with Crippen LogP contribution in [0.15, 0.2) is 29.2 Å². The van der Waals surface area contributed by atoms with E-state index in [4.69, 9.17) is 4.43 Å². The summed E-state index contributed by atoms with van der Waals surface area (Å²) in [7, 11) is -2.30. The number of carbonyl (C=O) groups is 2. The fourth-order valence-electron chi connectivity index (χ4n) is 1.50. The summed E-state index contributed by atoms with van der Waals surface area (Å²) < 4.78 is 93.9. The van der Waals surface area contributed by atoms with Crippen molar-refractivity contribution in [2.24, 2.45) is 0 Å². The molecule has 0 saturated carbocycles. The van der Waals surface area contributed by atoms with Gasteiger partial charge in [-0.15, -0.1) is 0 Å². The van der Waals surface area contributed by atoms with Gasteiger partial charge in [0.2, 0.25) is 8.32 Å². The monoisotopic (exact) mass is 422 g/mol. The van der Waals surface area contributed by atoms with Crippen molar-refractivity contribution in [2.45, 2.75) is 42.6 Å². The first-order chi connectivity index (χ1) is 11.5. The summed E-state index contributed by atoms with van der Waals surface area (Å²) in [6.07, 6.45) is -6.60. The Hall–Kier alpha value is -1.56. The zero-order valence-electron chi connectivity index (χ0n) is 13.6. The maximum Gasteiger partial charge on any atom is 0.460 e. The first-order valence-electron chi connectivity index (χ1n) is 6.87. The van der Waals surface area contributed by atoms with Crippen molar-refractivity contribution in [1.29, 1.82) is 0 Å². The van der Waals surface area contributed by atoms with E-state index in [1.807, 2.05) is 0 Å². The molecule has 1 rings (SSSR count). The standard InChI is InChI=1S/C14H13F7O3SSi/c1-26(2,3)24-10(22)8-5-4-6-9(7-8)25-11(23)12(15,16)13(17,18)14(19,20)21/h4-7H,1-3H3. The van der Waals surface area contributed by atoms with Crippen LogP contribution in [-0.2, 0) is 9.22 Å². The number of halogens is 7. The summed E-state index contributed by atoms with van der Waals surface area (Å²) >= 11 is -0.522. The van der Waals surface area contributed by atoms with E-state index in [1.165, 1.54) is 6.07 Å². The molecular formula is C14H13F7O3SSi. The largest absolute Gasteiger partial charge is 0.516 e. The lowest BCUT2D eigenvalue weighted by molar-refractivity contribution is -0.341. The minimum atomic E-state index is -6.60. The molecule has 3 nitrogen and oxygen atoms in total. The smallest absolute Gasteiger partial charge is 0.460 e. The quantitative estimate of drug-likeness (QED) is 0.375. The minimum Gasteiger partial charge on any atom is -0.516 e. The average molecular weight is 422 g/mol. The van der Waals surface area contributed by atoms with Gasteiger partial charge in [-0.1, -0.05) is 6.07 Å². The highest BCUT2D eigenvalue weighted by molar-refractivity contribution is 8.13. The minimum absolute atomic E-state index is 0.156. The number of hydrogen-bond donors (Lipinski definition) is 0. The van der Waals surface area contributed by atoms with E-state index in [0.29, 0.717) is 0 Å². The molecule has 146 valence electrons. The highest BCUT2D eigenvalue weighted by Gasteiger charge is 2.76. The van der Waals surface area contributed by atoms with Gasteiger partial charge in [0.05, 0.1) is 5.56 Å². The Morgan fingerprint density at radius 3 is 2.00 bits per heavy atom. The molecule has 0 atom stereocenters. The van der Waals surface area contributed by atoms with Gasteiger partial charge in [0.15, 0.2) is 0 Å². The molecular weight excluding hydrogens is 409 g/mol. The summed E-state index contributed by atoms with van der Waals surface area (Å²) in [5.74, 6) is -13.3. The van der Waals surface area contributed by atoms with Gasteiger partial charge in [0.25, 0.3) is 5.12 Å². The van der Waals surface area contributed by atoms with Gasteiger partial charge in [0.1, 0.15) is 0 Å². The van der Waals surface area contributed by atoms with E-state index in [-0.39, 0.29) is 5.56 Å². The molecule has 0 aliphatic rings. The zero-order chi connectivity index (χ0) is 20.6. The number of benzene rings is 1. The summed E-state index contributed by atoms with van der Waals surface area (Å²) in [5, 5.41) is -2.70. The van der Waals surface area contributed by atoms with Crippen molar-refractivity contribution in [3.05, 3.63) is 29.8 Å². The van der Waals surface area contributed by atoms with E-state index in [2.05, 4.69) is 0 Å². The number of thioether (sulfide) groups is 1. The third kappa shape index (κ3) is 4.99. The second-order valence-electron chi connectivity index (χ2n) is 6.07. The van der Waals surface area contributed by atoms with E-state index in [0.717, 1.165) is 18.2 Å². The van der Waals surface area contributed by atoms with Gasteiger partial charge in [-0.3, -0.25) is 4.79 Å². The summed E-state index contributed by atoms with van der Waals surface area (Å²) in [6, 6.07) is 4.28. The highest BCUT2D eigenvalue weighted by Crippen LogP contribution is 2.49. The second kappa shape index (κ2) is 7.22. The van der Waals surface area contributed by atoms with Crippen LogP contribution >= 0.6 is 11.8 Å². The Labute approximate surface area is 149 Å². The predicted molar refractivity (Wildman–Crippen MR) is 82.0 cm³/mol. The lowest BCUT2D eigenvalue weighted by Gasteiger charge is -2.26. The van der Waals surface area contributed by atoms with Crippen LogP contribution in [0, 0.1) is 0 Å². The molecule has 0 aliphatic carbocycles. The van der Waals surface area contributed by atoms with Crippen molar-refractivity contribution < 1.29 is 44.7 Å². The number of carbonyl (C=O) groups excluding carboxylic acids is 2. The fraction of sp³-hybridized carbons (Fsp3) is 0.429. The molecule has 0 radical (unpaired) electrons. The molecule has 0 fully saturated rings. The molecule has 0 spiro atoms. The molecule has 0 saturated heterocycles. The molecule has 0 N–H and O–H groups in total. The van der Waals surface area contributed by atoms with Crippen molar-refractivity contribution >= 4 is 31.2 Å². The van der Waals surface area contributed by atoms with Crippen molar-refractivity contribution in [2.75, 3.05) is 0 Å². The second-order valence-corrected chi connectivity index (χ2v) is 11.5. The number of rotatable bonds is 5. The molecule has 0 heterocycles. The van der Waals surface area contributed by atoms with Crippen LogP contribution in [0.1, 0.15) is 10.4 Å². The Morgan fingerprint density at radius 2 is 1.54 bits per heavy atom. The SMILES string of the molecule is C[Si](C)(C)OC(=O)c1cccc(SC(=O)C(F)(F)C(F)(F)C(F)(F)F)c1. The van der Waals surface area contributed by atoms with Crippen LogP contribution in [0.2, 0.25) is 19.6 Å². The number of hydrogen-bond acceptors (Lipinski definition) is 4. The van der Waals surface area contributed by atoms with E-state index < -0.39 is 54.1 Å². The van der Waals surface area contributed by atoms with E-state index in [1.54, 1.807) is 19.6 Å². The van der Waals surface area contributed by atoms with Crippen LogP contribution in [0.3, 0.4) is 0 Å². The molecule has 12 heteroatoms. The topological polar surface area (TPSA) is 43.4 Å². The fourth-order valence-corrected chi connectivity index (χ4v) is 2.98. The molecule has 26 heavy (non-hydrogen) atoms. The molecule has 1 aromatic carbocycles. The van der Waals surface area contributed by atoms with Crippen molar-refractivity contribution in [1.82, 2.24) is 0 Å².